The summed E-state index contributed by atoms with van der Waals surface area (Å²) in [5.74, 6) is 0.343. The molecule has 0 spiro atoms. The van der Waals surface area contributed by atoms with E-state index in [1.54, 1.807) is 6.92 Å². The first-order valence-electron chi connectivity index (χ1n) is 6.20. The molecule has 2 aromatic carbocycles. The lowest BCUT2D eigenvalue weighted by Crippen LogP contribution is -2.30. The Morgan fingerprint density at radius 1 is 1.26 bits per heavy atom. The van der Waals surface area contributed by atoms with Crippen molar-refractivity contribution in [2.75, 3.05) is 5.32 Å². The highest BCUT2D eigenvalue weighted by atomic mass is 16.5. The summed E-state index contributed by atoms with van der Waals surface area (Å²) < 4.78 is 5.17. The number of rotatable bonds is 2. The van der Waals surface area contributed by atoms with Crippen molar-refractivity contribution in [3.05, 3.63) is 36.4 Å². The van der Waals surface area contributed by atoms with Gasteiger partial charge in [0.2, 0.25) is 0 Å². The fraction of sp³-hybridized carbons (Fsp3) is 0.200. The van der Waals surface area contributed by atoms with Gasteiger partial charge in [-0.25, -0.2) is 4.99 Å². The second-order valence-corrected chi connectivity index (χ2v) is 4.55. The molecule has 96 valence electrons. The maximum absolute atomic E-state index is 11.0. The van der Waals surface area contributed by atoms with Crippen LogP contribution in [0.2, 0.25) is 0 Å². The van der Waals surface area contributed by atoms with Crippen LogP contribution in [0.4, 0.5) is 11.4 Å². The molecule has 0 aromatic heterocycles. The molecule has 1 N–H and O–H groups in total. The number of carbonyl (C=O) groups excluding carboxylic acids is 1. The minimum absolute atomic E-state index is 0.311. The summed E-state index contributed by atoms with van der Waals surface area (Å²) in [7, 11) is 0. The Hall–Kier alpha value is -2.36. The molecule has 2 aromatic rings. The van der Waals surface area contributed by atoms with Crippen molar-refractivity contribution in [3.8, 4) is 0 Å². The largest absolute Gasteiger partial charge is 0.455 e. The van der Waals surface area contributed by atoms with Gasteiger partial charge in [0.05, 0.1) is 5.69 Å². The lowest BCUT2D eigenvalue weighted by atomic mass is 10.0. The molecule has 3 rings (SSSR count). The van der Waals surface area contributed by atoms with Gasteiger partial charge in [0, 0.05) is 18.0 Å². The average Bonchev–Trinajstić information content (AvgIpc) is 2.38. The molecule has 1 atom stereocenters. The van der Waals surface area contributed by atoms with E-state index >= 15 is 0 Å². The first kappa shape index (κ1) is 11.7. The maximum Gasteiger partial charge on any atom is 0.303 e. The highest BCUT2D eigenvalue weighted by Crippen LogP contribution is 2.35. The summed E-state index contributed by atoms with van der Waals surface area (Å²) in [6.45, 7) is 3.20. The van der Waals surface area contributed by atoms with E-state index in [2.05, 4.69) is 22.4 Å². The van der Waals surface area contributed by atoms with Gasteiger partial charge >= 0.3 is 5.97 Å². The number of benzene rings is 2. The van der Waals surface area contributed by atoms with Crippen molar-refractivity contribution < 1.29 is 9.53 Å². The van der Waals surface area contributed by atoms with Gasteiger partial charge in [-0.1, -0.05) is 24.3 Å². The molecule has 1 heterocycles. The molecule has 0 aliphatic carbocycles. The van der Waals surface area contributed by atoms with Gasteiger partial charge in [-0.05, 0) is 24.4 Å². The third-order valence-corrected chi connectivity index (χ3v) is 3.11. The van der Waals surface area contributed by atoms with Crippen molar-refractivity contribution in [2.45, 2.75) is 20.0 Å². The third kappa shape index (κ3) is 2.05. The monoisotopic (exact) mass is 254 g/mol. The summed E-state index contributed by atoms with van der Waals surface area (Å²) in [4.78, 5) is 15.6. The van der Waals surface area contributed by atoms with Crippen molar-refractivity contribution >= 4 is 34.0 Å². The molecule has 4 heteroatoms. The van der Waals surface area contributed by atoms with E-state index in [0.717, 1.165) is 22.1 Å². The fourth-order valence-electron chi connectivity index (χ4n) is 2.31. The van der Waals surface area contributed by atoms with Gasteiger partial charge in [0.25, 0.3) is 0 Å². The van der Waals surface area contributed by atoms with Gasteiger partial charge in [-0.3, -0.25) is 4.79 Å². The van der Waals surface area contributed by atoms with E-state index in [4.69, 9.17) is 4.74 Å². The minimum atomic E-state index is -0.388. The third-order valence-electron chi connectivity index (χ3n) is 3.11. The molecule has 1 aliphatic heterocycles. The Morgan fingerprint density at radius 3 is 2.74 bits per heavy atom. The fourth-order valence-corrected chi connectivity index (χ4v) is 2.31. The molecule has 0 bridgehead atoms. The lowest BCUT2D eigenvalue weighted by Gasteiger charge is -2.22. The highest BCUT2D eigenvalue weighted by molar-refractivity contribution is 6.14. The smallest absolute Gasteiger partial charge is 0.303 e. The summed E-state index contributed by atoms with van der Waals surface area (Å²) >= 11 is 0. The number of carbonyl (C=O) groups is 1. The van der Waals surface area contributed by atoms with E-state index in [1.807, 2.05) is 24.3 Å². The summed E-state index contributed by atoms with van der Waals surface area (Å²) in [5.41, 5.74) is 1.90. The maximum atomic E-state index is 11.0. The lowest BCUT2D eigenvalue weighted by molar-refractivity contribution is -0.142. The number of ether oxygens (including phenoxy) is 1. The summed E-state index contributed by atoms with van der Waals surface area (Å²) in [6.07, 6.45) is -0.388. The van der Waals surface area contributed by atoms with Crippen LogP contribution in [0.3, 0.4) is 0 Å². The van der Waals surface area contributed by atoms with Gasteiger partial charge in [0.1, 0.15) is 5.84 Å². The molecule has 0 saturated heterocycles. The SMILES string of the molecule is CC(=O)OC(C)C1=Nc2cccc3cccc(c23)N1. The van der Waals surface area contributed by atoms with Gasteiger partial charge in [0.15, 0.2) is 6.10 Å². The van der Waals surface area contributed by atoms with Crippen molar-refractivity contribution in [1.29, 1.82) is 0 Å². The van der Waals surface area contributed by atoms with Crippen LogP contribution in [0, 0.1) is 0 Å². The van der Waals surface area contributed by atoms with Gasteiger partial charge < -0.3 is 10.1 Å². The van der Waals surface area contributed by atoms with Crippen LogP contribution >= 0.6 is 0 Å². The predicted molar refractivity (Wildman–Crippen MR) is 75.9 cm³/mol. The predicted octanol–water partition coefficient (Wildman–Crippen LogP) is 3.25. The van der Waals surface area contributed by atoms with Gasteiger partial charge in [-0.15, -0.1) is 0 Å². The number of aliphatic imine (C=N–C) groups is 1. The Kier molecular flexibility index (Phi) is 2.71. The van der Waals surface area contributed by atoms with Crippen LogP contribution < -0.4 is 5.32 Å². The van der Waals surface area contributed by atoms with Crippen LogP contribution in [0.5, 0.6) is 0 Å². The van der Waals surface area contributed by atoms with E-state index < -0.39 is 0 Å². The first-order valence-corrected chi connectivity index (χ1v) is 6.20. The van der Waals surface area contributed by atoms with Crippen molar-refractivity contribution in [3.63, 3.8) is 0 Å². The second-order valence-electron chi connectivity index (χ2n) is 4.55. The molecular weight excluding hydrogens is 240 g/mol. The molecule has 0 saturated carbocycles. The van der Waals surface area contributed by atoms with Crippen LogP contribution in [-0.2, 0) is 9.53 Å². The number of anilines is 1. The molecule has 1 unspecified atom stereocenters. The average molecular weight is 254 g/mol. The topological polar surface area (TPSA) is 50.7 Å². The summed E-state index contributed by atoms with van der Waals surface area (Å²) in [6, 6.07) is 12.0. The molecule has 0 fully saturated rings. The van der Waals surface area contributed by atoms with E-state index in [0.29, 0.717) is 5.84 Å². The number of nitrogens with one attached hydrogen (secondary N) is 1. The highest BCUT2D eigenvalue weighted by Gasteiger charge is 2.20. The molecule has 4 nitrogen and oxygen atoms in total. The standard InChI is InChI=1S/C15H14N2O2/c1-9(19-10(2)18)15-16-12-7-3-5-11-6-4-8-13(17-15)14(11)12/h3-9H,1-2H3,(H,16,17). The quantitative estimate of drug-likeness (QED) is 0.837. The minimum Gasteiger partial charge on any atom is -0.455 e. The Balaban J connectivity index is 2.07. The normalized spacial score (nSPS) is 14.5. The molecular formula is C15H14N2O2. The van der Waals surface area contributed by atoms with Gasteiger partial charge in [-0.2, -0.15) is 0 Å². The molecule has 19 heavy (non-hydrogen) atoms. The van der Waals surface area contributed by atoms with Crippen LogP contribution in [0.1, 0.15) is 13.8 Å². The Bertz CT molecular complexity index is 686. The number of hydrogen-bond acceptors (Lipinski definition) is 4. The molecule has 1 aliphatic rings. The zero-order valence-corrected chi connectivity index (χ0v) is 10.8. The van der Waals surface area contributed by atoms with E-state index in [1.165, 1.54) is 6.92 Å². The van der Waals surface area contributed by atoms with E-state index in [9.17, 15) is 4.79 Å². The van der Waals surface area contributed by atoms with Crippen molar-refractivity contribution in [2.24, 2.45) is 4.99 Å². The second kappa shape index (κ2) is 4.39. The Morgan fingerprint density at radius 2 is 2.00 bits per heavy atom. The summed E-state index contributed by atoms with van der Waals surface area (Å²) in [5, 5.41) is 5.48. The number of hydrogen-bond donors (Lipinski definition) is 1. The van der Waals surface area contributed by atoms with Crippen molar-refractivity contribution in [1.82, 2.24) is 0 Å². The van der Waals surface area contributed by atoms with Crippen LogP contribution in [0.15, 0.2) is 41.4 Å². The zero-order valence-electron chi connectivity index (χ0n) is 10.8. The van der Waals surface area contributed by atoms with Crippen LogP contribution in [0.25, 0.3) is 10.8 Å². The number of nitrogens with zero attached hydrogens (tertiary/aromatic N) is 1. The zero-order chi connectivity index (χ0) is 13.4. The number of esters is 1. The number of amidine groups is 1. The first-order chi connectivity index (χ1) is 9.15. The molecule has 0 radical (unpaired) electrons. The van der Waals surface area contributed by atoms with Crippen LogP contribution in [-0.4, -0.2) is 17.9 Å². The van der Waals surface area contributed by atoms with E-state index in [-0.39, 0.29) is 12.1 Å². The Labute approximate surface area is 111 Å². The molecule has 0 amide bonds.